The van der Waals surface area contributed by atoms with Crippen molar-refractivity contribution in [2.24, 2.45) is 11.8 Å². The lowest BCUT2D eigenvalue weighted by Gasteiger charge is -2.27. The van der Waals surface area contributed by atoms with Gasteiger partial charge in [-0.2, -0.15) is 0 Å². The van der Waals surface area contributed by atoms with Crippen molar-refractivity contribution in [3.05, 3.63) is 0 Å². The summed E-state index contributed by atoms with van der Waals surface area (Å²) in [5.74, 6) is 1.54. The predicted molar refractivity (Wildman–Crippen MR) is 60.0 cm³/mol. The Bertz CT molecular complexity index is 264. The SMILES string of the molecule is O=C([C@@H]1CCCCN1)N1C[C@@H]2COC[C@H]2C1. The van der Waals surface area contributed by atoms with Crippen LogP contribution in [-0.2, 0) is 9.53 Å². The van der Waals surface area contributed by atoms with Crippen molar-refractivity contribution in [3.63, 3.8) is 0 Å². The highest BCUT2D eigenvalue weighted by Crippen LogP contribution is 2.29. The van der Waals surface area contributed by atoms with Gasteiger partial charge in [-0.3, -0.25) is 4.79 Å². The second-order valence-electron chi connectivity index (χ2n) is 5.30. The Kier molecular flexibility index (Phi) is 2.86. The van der Waals surface area contributed by atoms with E-state index in [0.29, 0.717) is 17.7 Å². The third-order valence-corrected chi connectivity index (χ3v) is 4.16. The summed E-state index contributed by atoms with van der Waals surface area (Å²) in [6.45, 7) is 4.54. The molecule has 90 valence electrons. The molecule has 0 aromatic carbocycles. The molecule has 1 amide bonds. The highest BCUT2D eigenvalue weighted by molar-refractivity contribution is 5.82. The van der Waals surface area contributed by atoms with Gasteiger partial charge in [0.1, 0.15) is 0 Å². The zero-order chi connectivity index (χ0) is 11.0. The van der Waals surface area contributed by atoms with Crippen molar-refractivity contribution in [3.8, 4) is 0 Å². The highest BCUT2D eigenvalue weighted by atomic mass is 16.5. The fraction of sp³-hybridized carbons (Fsp3) is 0.917. The van der Waals surface area contributed by atoms with Crippen molar-refractivity contribution < 1.29 is 9.53 Å². The van der Waals surface area contributed by atoms with E-state index in [-0.39, 0.29) is 6.04 Å². The fourth-order valence-electron chi connectivity index (χ4n) is 3.15. The van der Waals surface area contributed by atoms with E-state index in [9.17, 15) is 4.79 Å². The van der Waals surface area contributed by atoms with E-state index < -0.39 is 0 Å². The Hall–Kier alpha value is -0.610. The molecule has 3 aliphatic rings. The summed E-state index contributed by atoms with van der Waals surface area (Å²) in [6.07, 6.45) is 3.41. The summed E-state index contributed by atoms with van der Waals surface area (Å²) < 4.78 is 5.43. The van der Waals surface area contributed by atoms with Gasteiger partial charge in [0.2, 0.25) is 5.91 Å². The van der Waals surface area contributed by atoms with Crippen LogP contribution in [0.25, 0.3) is 0 Å². The number of carbonyl (C=O) groups is 1. The van der Waals surface area contributed by atoms with Gasteiger partial charge in [0, 0.05) is 24.9 Å². The van der Waals surface area contributed by atoms with Gasteiger partial charge >= 0.3 is 0 Å². The van der Waals surface area contributed by atoms with Crippen LogP contribution < -0.4 is 5.32 Å². The fourth-order valence-corrected chi connectivity index (χ4v) is 3.15. The Morgan fingerprint density at radius 2 is 1.94 bits per heavy atom. The summed E-state index contributed by atoms with van der Waals surface area (Å²) in [5.41, 5.74) is 0. The van der Waals surface area contributed by atoms with Crippen LogP contribution in [0, 0.1) is 11.8 Å². The molecule has 4 heteroatoms. The van der Waals surface area contributed by atoms with Crippen LogP contribution in [0.4, 0.5) is 0 Å². The van der Waals surface area contributed by atoms with Crippen LogP contribution in [0.3, 0.4) is 0 Å². The van der Waals surface area contributed by atoms with Crippen molar-refractivity contribution in [2.45, 2.75) is 25.3 Å². The molecule has 4 nitrogen and oxygen atoms in total. The van der Waals surface area contributed by atoms with Gasteiger partial charge in [-0.15, -0.1) is 0 Å². The Balaban J connectivity index is 1.59. The number of rotatable bonds is 1. The lowest BCUT2D eigenvalue weighted by molar-refractivity contribution is -0.133. The normalized spacial score (nSPS) is 38.8. The van der Waals surface area contributed by atoms with Gasteiger partial charge in [0.15, 0.2) is 0 Å². The summed E-state index contributed by atoms with van der Waals surface area (Å²) >= 11 is 0. The summed E-state index contributed by atoms with van der Waals surface area (Å²) in [7, 11) is 0. The van der Waals surface area contributed by atoms with Crippen LogP contribution in [0.1, 0.15) is 19.3 Å². The number of fused-ring (bicyclic) bond motifs is 1. The minimum Gasteiger partial charge on any atom is -0.381 e. The van der Waals surface area contributed by atoms with E-state index in [1.165, 1.54) is 12.8 Å². The standard InChI is InChI=1S/C12H20N2O2/c15-12(11-3-1-2-4-13-11)14-5-9-7-16-8-10(9)6-14/h9-11,13H,1-8H2/t9-,10-,11+/m1/s1. The van der Waals surface area contributed by atoms with Crippen LogP contribution in [0.15, 0.2) is 0 Å². The molecular weight excluding hydrogens is 204 g/mol. The molecule has 3 heterocycles. The topological polar surface area (TPSA) is 41.6 Å². The average Bonchev–Trinajstić information content (AvgIpc) is 2.89. The number of hydrogen-bond acceptors (Lipinski definition) is 3. The molecule has 0 radical (unpaired) electrons. The Morgan fingerprint density at radius 3 is 2.56 bits per heavy atom. The molecule has 0 saturated carbocycles. The molecule has 0 aromatic rings. The minimum atomic E-state index is 0.0912. The number of amides is 1. The maximum atomic E-state index is 12.3. The monoisotopic (exact) mass is 224 g/mol. The third kappa shape index (κ3) is 1.84. The van der Waals surface area contributed by atoms with E-state index >= 15 is 0 Å². The lowest BCUT2D eigenvalue weighted by Crippen LogP contribution is -2.48. The van der Waals surface area contributed by atoms with E-state index in [1.54, 1.807) is 0 Å². The van der Waals surface area contributed by atoms with Crippen LogP contribution in [-0.4, -0.2) is 49.7 Å². The van der Waals surface area contributed by atoms with Crippen molar-refractivity contribution in [1.29, 1.82) is 0 Å². The van der Waals surface area contributed by atoms with Gasteiger partial charge in [-0.25, -0.2) is 0 Å². The van der Waals surface area contributed by atoms with Gasteiger partial charge in [0.25, 0.3) is 0 Å². The zero-order valence-electron chi connectivity index (χ0n) is 9.65. The predicted octanol–water partition coefficient (Wildman–Crippen LogP) is 0.233. The van der Waals surface area contributed by atoms with Crippen molar-refractivity contribution >= 4 is 5.91 Å². The number of hydrogen-bond donors (Lipinski definition) is 1. The first kappa shape index (κ1) is 10.5. The largest absolute Gasteiger partial charge is 0.381 e. The molecule has 3 fully saturated rings. The van der Waals surface area contributed by atoms with E-state index in [4.69, 9.17) is 4.74 Å². The first-order valence-corrected chi connectivity index (χ1v) is 6.44. The molecule has 1 N–H and O–H groups in total. The van der Waals surface area contributed by atoms with Gasteiger partial charge in [0.05, 0.1) is 19.3 Å². The third-order valence-electron chi connectivity index (χ3n) is 4.16. The molecule has 3 saturated heterocycles. The quantitative estimate of drug-likeness (QED) is 0.693. The van der Waals surface area contributed by atoms with E-state index in [1.807, 2.05) is 0 Å². The first-order valence-electron chi connectivity index (χ1n) is 6.44. The molecule has 0 bridgehead atoms. The average molecular weight is 224 g/mol. The number of carbonyl (C=O) groups excluding carboxylic acids is 1. The van der Waals surface area contributed by atoms with Crippen LogP contribution in [0.5, 0.6) is 0 Å². The second kappa shape index (κ2) is 4.34. The summed E-state index contributed by atoms with van der Waals surface area (Å²) in [6, 6.07) is 0.0912. The number of nitrogens with zero attached hydrogens (tertiary/aromatic N) is 1. The van der Waals surface area contributed by atoms with Gasteiger partial charge in [-0.1, -0.05) is 6.42 Å². The lowest BCUT2D eigenvalue weighted by atomic mass is 10.0. The van der Waals surface area contributed by atoms with Crippen molar-refractivity contribution in [1.82, 2.24) is 10.2 Å². The van der Waals surface area contributed by atoms with E-state index in [0.717, 1.165) is 39.3 Å². The number of nitrogens with one attached hydrogen (secondary N) is 1. The molecule has 0 aromatic heterocycles. The van der Waals surface area contributed by atoms with Gasteiger partial charge < -0.3 is 15.0 Å². The minimum absolute atomic E-state index is 0.0912. The highest BCUT2D eigenvalue weighted by Gasteiger charge is 2.40. The van der Waals surface area contributed by atoms with Crippen LogP contribution in [0.2, 0.25) is 0 Å². The van der Waals surface area contributed by atoms with Crippen molar-refractivity contribution in [2.75, 3.05) is 32.8 Å². The molecule has 3 atom stereocenters. The number of likely N-dealkylation sites (tertiary alicyclic amines) is 1. The molecule has 0 unspecified atom stereocenters. The maximum absolute atomic E-state index is 12.3. The zero-order valence-corrected chi connectivity index (χ0v) is 9.65. The number of piperidine rings is 1. The van der Waals surface area contributed by atoms with E-state index in [2.05, 4.69) is 10.2 Å². The maximum Gasteiger partial charge on any atom is 0.239 e. The number of ether oxygens (including phenoxy) is 1. The molecule has 3 rings (SSSR count). The Labute approximate surface area is 96.3 Å². The molecule has 0 spiro atoms. The molecular formula is C12H20N2O2. The molecule has 16 heavy (non-hydrogen) atoms. The molecule has 0 aliphatic carbocycles. The first-order chi connectivity index (χ1) is 7.84. The summed E-state index contributed by atoms with van der Waals surface area (Å²) in [5, 5.41) is 3.34. The Morgan fingerprint density at radius 1 is 1.19 bits per heavy atom. The van der Waals surface area contributed by atoms with Crippen LogP contribution >= 0.6 is 0 Å². The van der Waals surface area contributed by atoms with Gasteiger partial charge in [-0.05, 0) is 19.4 Å². The smallest absolute Gasteiger partial charge is 0.239 e. The second-order valence-corrected chi connectivity index (χ2v) is 5.30. The molecule has 3 aliphatic heterocycles. The summed E-state index contributed by atoms with van der Waals surface area (Å²) in [4.78, 5) is 14.3.